The Balaban J connectivity index is 1.41. The van der Waals surface area contributed by atoms with E-state index in [-0.39, 0.29) is 10.8 Å². The number of nitrogens with zero attached hydrogens (tertiary/aromatic N) is 3. The lowest BCUT2D eigenvalue weighted by atomic mass is 10.2. The van der Waals surface area contributed by atoms with Gasteiger partial charge in [-0.3, -0.25) is 15.1 Å². The molecule has 1 amide bonds. The number of carbonyl (C=O) groups excluding carboxylic acids is 1. The zero-order valence-electron chi connectivity index (χ0n) is 17.8. The Morgan fingerprint density at radius 1 is 1.00 bits per heavy atom. The van der Waals surface area contributed by atoms with Crippen LogP contribution in [-0.2, 0) is 10.0 Å². The molecule has 0 unspecified atom stereocenters. The van der Waals surface area contributed by atoms with Crippen LogP contribution in [0.4, 0.5) is 5.13 Å². The molecule has 10 heteroatoms. The molecule has 0 radical (unpaired) electrons. The molecule has 2 heterocycles. The molecule has 0 fully saturated rings. The molecule has 2 aromatic carbocycles. The summed E-state index contributed by atoms with van der Waals surface area (Å²) >= 11 is 1.29. The van der Waals surface area contributed by atoms with Crippen molar-refractivity contribution in [1.82, 2.24) is 14.3 Å². The van der Waals surface area contributed by atoms with E-state index in [0.29, 0.717) is 27.9 Å². The largest absolute Gasteiger partial charge is 0.456 e. The number of anilines is 1. The summed E-state index contributed by atoms with van der Waals surface area (Å²) in [7, 11) is -0.519. The monoisotopic (exact) mass is 480 g/mol. The number of ether oxygens (including phenoxy) is 1. The van der Waals surface area contributed by atoms with Gasteiger partial charge >= 0.3 is 0 Å². The van der Waals surface area contributed by atoms with Gasteiger partial charge in [0.15, 0.2) is 5.13 Å². The van der Waals surface area contributed by atoms with Gasteiger partial charge in [-0.15, -0.1) is 11.3 Å². The van der Waals surface area contributed by atoms with Crippen LogP contribution >= 0.6 is 11.3 Å². The average molecular weight is 481 g/mol. The van der Waals surface area contributed by atoms with E-state index in [2.05, 4.69) is 15.3 Å². The third-order valence-electron chi connectivity index (χ3n) is 4.64. The molecule has 4 rings (SSSR count). The zero-order valence-corrected chi connectivity index (χ0v) is 19.4. The second kappa shape index (κ2) is 9.49. The number of thiazole rings is 1. The average Bonchev–Trinajstić information content (AvgIpc) is 3.28. The second-order valence-electron chi connectivity index (χ2n) is 7.12. The number of pyridine rings is 1. The fourth-order valence-corrected chi connectivity index (χ4v) is 4.48. The van der Waals surface area contributed by atoms with Gasteiger partial charge < -0.3 is 4.74 Å². The van der Waals surface area contributed by atoms with Crippen LogP contribution in [0.15, 0.2) is 83.3 Å². The molecule has 1 N–H and O–H groups in total. The van der Waals surface area contributed by atoms with Crippen molar-refractivity contribution in [2.75, 3.05) is 19.4 Å². The summed E-state index contributed by atoms with van der Waals surface area (Å²) in [5.74, 6) is 0.907. The van der Waals surface area contributed by atoms with Crippen molar-refractivity contribution < 1.29 is 17.9 Å². The number of rotatable bonds is 7. The highest BCUT2D eigenvalue weighted by Crippen LogP contribution is 2.27. The molecule has 0 spiro atoms. The number of hydrogen-bond acceptors (Lipinski definition) is 7. The van der Waals surface area contributed by atoms with Gasteiger partial charge in [-0.05, 0) is 48.5 Å². The van der Waals surface area contributed by atoms with E-state index < -0.39 is 10.0 Å². The molecule has 0 aliphatic rings. The Hall–Kier alpha value is -3.60. The highest BCUT2D eigenvalue weighted by Gasteiger charge is 2.17. The first-order valence-electron chi connectivity index (χ1n) is 9.81. The van der Waals surface area contributed by atoms with E-state index in [4.69, 9.17) is 4.74 Å². The minimum Gasteiger partial charge on any atom is -0.456 e. The Kier molecular flexibility index (Phi) is 6.50. The van der Waals surface area contributed by atoms with E-state index in [9.17, 15) is 13.2 Å². The standard InChI is InChI=1S/C23H20N4O4S2/c1-27(2)33(29,30)20-11-7-16(8-12-20)21-15-32-23(25-21)26-22(28)17-5-9-18(10-6-17)31-19-4-3-13-24-14-19/h3-15H,1-2H3,(H,25,26,28). The molecule has 2 aromatic heterocycles. The maximum atomic E-state index is 12.6. The Bertz CT molecular complexity index is 1350. The van der Waals surface area contributed by atoms with Crippen molar-refractivity contribution in [1.29, 1.82) is 0 Å². The van der Waals surface area contributed by atoms with Gasteiger partial charge in [0.25, 0.3) is 5.91 Å². The predicted octanol–water partition coefficient (Wildman–Crippen LogP) is 4.50. The summed E-state index contributed by atoms with van der Waals surface area (Å²) in [5.41, 5.74) is 1.86. The van der Waals surface area contributed by atoms with Crippen LogP contribution in [0.3, 0.4) is 0 Å². The first-order valence-corrected chi connectivity index (χ1v) is 12.1. The van der Waals surface area contributed by atoms with Crippen molar-refractivity contribution in [3.05, 3.63) is 84.0 Å². The van der Waals surface area contributed by atoms with Crippen LogP contribution < -0.4 is 10.1 Å². The Morgan fingerprint density at radius 3 is 2.36 bits per heavy atom. The molecule has 33 heavy (non-hydrogen) atoms. The number of sulfonamides is 1. The highest BCUT2D eigenvalue weighted by atomic mass is 32.2. The van der Waals surface area contributed by atoms with Gasteiger partial charge in [0.05, 0.1) is 16.8 Å². The third-order valence-corrected chi connectivity index (χ3v) is 7.23. The first kappa shape index (κ1) is 22.6. The second-order valence-corrected chi connectivity index (χ2v) is 10.1. The van der Waals surface area contributed by atoms with Gasteiger partial charge in [-0.2, -0.15) is 0 Å². The molecule has 0 aliphatic carbocycles. The van der Waals surface area contributed by atoms with E-state index >= 15 is 0 Å². The van der Waals surface area contributed by atoms with Crippen LogP contribution in [0.25, 0.3) is 11.3 Å². The van der Waals surface area contributed by atoms with E-state index in [0.717, 1.165) is 9.87 Å². The minimum absolute atomic E-state index is 0.205. The lowest BCUT2D eigenvalue weighted by molar-refractivity contribution is 0.102. The number of amides is 1. The van der Waals surface area contributed by atoms with Gasteiger partial charge in [0.2, 0.25) is 10.0 Å². The molecule has 0 aliphatic heterocycles. The number of hydrogen-bond donors (Lipinski definition) is 1. The Morgan fingerprint density at radius 2 is 1.73 bits per heavy atom. The van der Waals surface area contributed by atoms with Crippen LogP contribution in [0.5, 0.6) is 11.5 Å². The highest BCUT2D eigenvalue weighted by molar-refractivity contribution is 7.89. The normalized spacial score (nSPS) is 11.4. The summed E-state index contributed by atoms with van der Waals surface area (Å²) in [6.07, 6.45) is 3.27. The third kappa shape index (κ3) is 5.25. The zero-order chi connectivity index (χ0) is 23.4. The van der Waals surface area contributed by atoms with E-state index in [1.54, 1.807) is 66.3 Å². The molecule has 0 saturated heterocycles. The summed E-state index contributed by atoms with van der Waals surface area (Å²) in [5, 5.41) is 5.03. The number of benzene rings is 2. The maximum Gasteiger partial charge on any atom is 0.257 e. The lowest BCUT2D eigenvalue weighted by Gasteiger charge is -2.11. The smallest absolute Gasteiger partial charge is 0.257 e. The van der Waals surface area contributed by atoms with Crippen LogP contribution in [0.2, 0.25) is 0 Å². The summed E-state index contributed by atoms with van der Waals surface area (Å²) in [4.78, 5) is 21.2. The Labute approximate surface area is 195 Å². The molecule has 0 bridgehead atoms. The first-order chi connectivity index (χ1) is 15.8. The van der Waals surface area contributed by atoms with Crippen molar-refractivity contribution in [2.24, 2.45) is 0 Å². The van der Waals surface area contributed by atoms with Crippen LogP contribution in [0, 0.1) is 0 Å². The fraction of sp³-hybridized carbons (Fsp3) is 0.0870. The van der Waals surface area contributed by atoms with Crippen LogP contribution in [0.1, 0.15) is 10.4 Å². The number of nitrogens with one attached hydrogen (secondary N) is 1. The maximum absolute atomic E-state index is 12.6. The molecule has 168 valence electrons. The van der Waals surface area contributed by atoms with Gasteiger partial charge in [-0.25, -0.2) is 17.7 Å². The molecular weight excluding hydrogens is 460 g/mol. The van der Waals surface area contributed by atoms with Crippen molar-refractivity contribution >= 4 is 32.4 Å². The van der Waals surface area contributed by atoms with E-state index in [1.165, 1.54) is 37.6 Å². The van der Waals surface area contributed by atoms with Crippen molar-refractivity contribution in [3.63, 3.8) is 0 Å². The predicted molar refractivity (Wildman–Crippen MR) is 127 cm³/mol. The van der Waals surface area contributed by atoms with Crippen LogP contribution in [-0.4, -0.2) is 42.7 Å². The SMILES string of the molecule is CN(C)S(=O)(=O)c1ccc(-c2csc(NC(=O)c3ccc(Oc4cccnc4)cc3)n2)cc1. The molecule has 8 nitrogen and oxygen atoms in total. The topological polar surface area (TPSA) is 101 Å². The summed E-state index contributed by atoms with van der Waals surface area (Å²) in [6.45, 7) is 0. The van der Waals surface area contributed by atoms with Gasteiger partial charge in [-0.1, -0.05) is 12.1 Å². The molecule has 4 aromatic rings. The fourth-order valence-electron chi connectivity index (χ4n) is 2.86. The molecule has 0 atom stereocenters. The number of carbonyl (C=O) groups is 1. The summed E-state index contributed by atoms with van der Waals surface area (Å²) < 4.78 is 31.3. The molecular formula is C23H20N4O4S2. The number of aromatic nitrogens is 2. The molecule has 0 saturated carbocycles. The van der Waals surface area contributed by atoms with E-state index in [1.807, 2.05) is 0 Å². The van der Waals surface area contributed by atoms with Crippen molar-refractivity contribution in [2.45, 2.75) is 4.90 Å². The lowest BCUT2D eigenvalue weighted by Crippen LogP contribution is -2.22. The van der Waals surface area contributed by atoms with Crippen molar-refractivity contribution in [3.8, 4) is 22.8 Å². The van der Waals surface area contributed by atoms with Gasteiger partial charge in [0.1, 0.15) is 11.5 Å². The summed E-state index contributed by atoms with van der Waals surface area (Å²) in [6, 6.07) is 16.8. The quantitative estimate of drug-likeness (QED) is 0.418. The minimum atomic E-state index is -3.49. The van der Waals surface area contributed by atoms with Gasteiger partial charge in [0, 0.05) is 36.8 Å².